The van der Waals surface area contributed by atoms with Crippen LogP contribution < -0.4 is 5.32 Å². The number of thiol groups is 1. The minimum atomic E-state index is -4.43. The predicted molar refractivity (Wildman–Crippen MR) is 109 cm³/mol. The average molecular weight is 412 g/mol. The second kappa shape index (κ2) is 18.3. The minimum absolute atomic E-state index is 0.0892. The van der Waals surface area contributed by atoms with Gasteiger partial charge in [0.25, 0.3) is 0 Å². The van der Waals surface area contributed by atoms with Gasteiger partial charge in [-0.05, 0) is 18.6 Å². The first kappa shape index (κ1) is 25.9. The number of unbranched alkanes of at least 4 members (excludes halogenated alkanes) is 12. The van der Waals surface area contributed by atoms with Gasteiger partial charge in [0.2, 0.25) is 5.91 Å². The number of rotatable bonds is 19. The number of carbonyl (C=O) groups is 1. The maximum atomic E-state index is 11.5. The van der Waals surface area contributed by atoms with E-state index in [9.17, 15) is 9.36 Å². The molecule has 0 aliphatic heterocycles. The van der Waals surface area contributed by atoms with Gasteiger partial charge >= 0.3 is 7.82 Å². The Morgan fingerprint density at radius 1 is 0.808 bits per heavy atom. The normalized spacial score (nSPS) is 11.7. The van der Waals surface area contributed by atoms with E-state index in [0.29, 0.717) is 6.42 Å². The molecule has 0 radical (unpaired) electrons. The van der Waals surface area contributed by atoms with E-state index >= 15 is 0 Å². The zero-order valence-electron chi connectivity index (χ0n) is 16.0. The van der Waals surface area contributed by atoms with Gasteiger partial charge in [0, 0.05) is 13.0 Å². The Labute approximate surface area is 164 Å². The fourth-order valence-corrected chi connectivity index (χ4v) is 3.34. The Hall–Kier alpha value is -0.0700. The Balaban J connectivity index is 3.19. The molecule has 0 rings (SSSR count). The van der Waals surface area contributed by atoms with E-state index in [1.165, 1.54) is 70.6 Å². The molecule has 0 fully saturated rings. The highest BCUT2D eigenvalue weighted by atomic mass is 32.1. The molecule has 0 unspecified atom stereocenters. The Kier molecular flexibility index (Phi) is 18.3. The number of hydrogen-bond acceptors (Lipinski definition) is 4. The van der Waals surface area contributed by atoms with Crippen LogP contribution in [0.1, 0.15) is 89.9 Å². The van der Waals surface area contributed by atoms with Gasteiger partial charge in [0.05, 0.1) is 6.61 Å². The molecule has 0 spiro atoms. The standard InChI is InChI=1S/C18H38NO5PS/c20-18(19-15-16-24-25(21,22)23)14-12-10-8-6-4-2-1-3-5-7-9-11-13-17-26/h26H,1-17H2,(H,19,20)(H2,21,22,23). The molecular weight excluding hydrogens is 373 g/mol. The third-order valence-electron chi connectivity index (χ3n) is 4.25. The maximum absolute atomic E-state index is 11.5. The zero-order valence-corrected chi connectivity index (χ0v) is 17.8. The van der Waals surface area contributed by atoms with Crippen molar-refractivity contribution in [3.05, 3.63) is 0 Å². The van der Waals surface area contributed by atoms with Crippen LogP contribution in [0.2, 0.25) is 0 Å². The number of nitrogens with one attached hydrogen (secondary N) is 1. The molecule has 0 aliphatic rings. The molecule has 26 heavy (non-hydrogen) atoms. The summed E-state index contributed by atoms with van der Waals surface area (Å²) in [6.45, 7) is -0.0508. The zero-order chi connectivity index (χ0) is 19.5. The second-order valence-corrected chi connectivity index (χ2v) is 8.43. The molecule has 0 aliphatic carbocycles. The largest absolute Gasteiger partial charge is 0.469 e. The molecule has 0 saturated heterocycles. The fraction of sp³-hybridized carbons (Fsp3) is 0.944. The summed E-state index contributed by atoms with van der Waals surface area (Å²) in [6.07, 6.45) is 16.7. The van der Waals surface area contributed by atoms with Crippen LogP contribution in [0.4, 0.5) is 0 Å². The quantitative estimate of drug-likeness (QED) is 0.141. The van der Waals surface area contributed by atoms with Crippen molar-refractivity contribution < 1.29 is 23.7 Å². The first-order chi connectivity index (χ1) is 12.5. The van der Waals surface area contributed by atoms with Crippen molar-refractivity contribution in [3.8, 4) is 0 Å². The predicted octanol–water partition coefficient (Wildman–Crippen LogP) is 4.60. The van der Waals surface area contributed by atoms with Crippen LogP contribution in [-0.4, -0.2) is 34.6 Å². The summed E-state index contributed by atoms with van der Waals surface area (Å²) in [6, 6.07) is 0. The summed E-state index contributed by atoms with van der Waals surface area (Å²) in [5, 5.41) is 2.59. The molecule has 0 bridgehead atoms. The number of phosphoric ester groups is 1. The summed E-state index contributed by atoms with van der Waals surface area (Å²) in [7, 11) is -4.43. The van der Waals surface area contributed by atoms with Crippen LogP contribution in [0, 0.1) is 0 Å². The van der Waals surface area contributed by atoms with E-state index in [0.717, 1.165) is 18.6 Å². The molecular formula is C18H38NO5PS. The summed E-state index contributed by atoms with van der Waals surface area (Å²) in [5.74, 6) is 0.924. The molecule has 6 nitrogen and oxygen atoms in total. The number of amides is 1. The number of phosphoric acid groups is 1. The maximum Gasteiger partial charge on any atom is 0.469 e. The SMILES string of the molecule is O=C(CCCCCCCCCCCCCCCS)NCCOP(=O)(O)O. The van der Waals surface area contributed by atoms with Crippen molar-refractivity contribution in [3.63, 3.8) is 0 Å². The van der Waals surface area contributed by atoms with Crippen molar-refractivity contribution >= 4 is 26.4 Å². The molecule has 0 atom stereocenters. The Morgan fingerprint density at radius 2 is 1.23 bits per heavy atom. The van der Waals surface area contributed by atoms with Crippen LogP contribution in [0.3, 0.4) is 0 Å². The summed E-state index contributed by atoms with van der Waals surface area (Å²) in [5.41, 5.74) is 0. The lowest BCUT2D eigenvalue weighted by molar-refractivity contribution is -0.121. The van der Waals surface area contributed by atoms with Gasteiger partial charge in [-0.3, -0.25) is 9.32 Å². The third kappa shape index (κ3) is 22.0. The monoisotopic (exact) mass is 411 g/mol. The molecule has 8 heteroatoms. The van der Waals surface area contributed by atoms with Gasteiger partial charge in [-0.15, -0.1) is 0 Å². The fourth-order valence-electron chi connectivity index (χ4n) is 2.79. The van der Waals surface area contributed by atoms with E-state index in [1.54, 1.807) is 0 Å². The van der Waals surface area contributed by atoms with Gasteiger partial charge in [-0.25, -0.2) is 4.57 Å². The van der Waals surface area contributed by atoms with Crippen molar-refractivity contribution in [1.29, 1.82) is 0 Å². The summed E-state index contributed by atoms with van der Waals surface area (Å²) >= 11 is 4.22. The van der Waals surface area contributed by atoms with E-state index < -0.39 is 7.82 Å². The molecule has 0 aromatic heterocycles. The van der Waals surface area contributed by atoms with Gasteiger partial charge in [0.15, 0.2) is 0 Å². The minimum Gasteiger partial charge on any atom is -0.354 e. The average Bonchev–Trinajstić information content (AvgIpc) is 2.58. The van der Waals surface area contributed by atoms with Crippen molar-refractivity contribution in [1.82, 2.24) is 5.32 Å². The Morgan fingerprint density at radius 3 is 1.65 bits per heavy atom. The van der Waals surface area contributed by atoms with Crippen molar-refractivity contribution in [2.45, 2.75) is 89.9 Å². The van der Waals surface area contributed by atoms with Crippen LogP contribution in [0.25, 0.3) is 0 Å². The molecule has 0 aromatic rings. The lowest BCUT2D eigenvalue weighted by atomic mass is 10.0. The molecule has 0 heterocycles. The molecule has 0 saturated carbocycles. The first-order valence-corrected chi connectivity index (χ1v) is 12.2. The van der Waals surface area contributed by atoms with Crippen LogP contribution >= 0.6 is 20.5 Å². The number of hydrogen-bond donors (Lipinski definition) is 4. The van der Waals surface area contributed by atoms with Crippen LogP contribution in [0.5, 0.6) is 0 Å². The van der Waals surface area contributed by atoms with Crippen LogP contribution in [-0.2, 0) is 13.9 Å². The van der Waals surface area contributed by atoms with Crippen molar-refractivity contribution in [2.75, 3.05) is 18.9 Å². The van der Waals surface area contributed by atoms with E-state index in [1.807, 2.05) is 0 Å². The lowest BCUT2D eigenvalue weighted by Crippen LogP contribution is -2.26. The number of carbonyl (C=O) groups excluding carboxylic acids is 1. The molecule has 0 aromatic carbocycles. The van der Waals surface area contributed by atoms with Gasteiger partial charge in [0.1, 0.15) is 0 Å². The second-order valence-electron chi connectivity index (χ2n) is 6.74. The third-order valence-corrected chi connectivity index (χ3v) is 5.08. The first-order valence-electron chi connectivity index (χ1n) is 10.0. The topological polar surface area (TPSA) is 95.9 Å². The summed E-state index contributed by atoms with van der Waals surface area (Å²) < 4.78 is 14.7. The highest BCUT2D eigenvalue weighted by Gasteiger charge is 2.12. The molecule has 1 amide bonds. The van der Waals surface area contributed by atoms with Crippen LogP contribution in [0.15, 0.2) is 0 Å². The van der Waals surface area contributed by atoms with Gasteiger partial charge < -0.3 is 15.1 Å². The van der Waals surface area contributed by atoms with E-state index in [4.69, 9.17) is 9.79 Å². The highest BCUT2D eigenvalue weighted by molar-refractivity contribution is 7.80. The highest BCUT2D eigenvalue weighted by Crippen LogP contribution is 2.35. The van der Waals surface area contributed by atoms with E-state index in [-0.39, 0.29) is 19.1 Å². The Bertz CT molecular complexity index is 379. The van der Waals surface area contributed by atoms with Gasteiger partial charge in [-0.1, -0.05) is 70.6 Å². The van der Waals surface area contributed by atoms with E-state index in [2.05, 4.69) is 22.5 Å². The van der Waals surface area contributed by atoms with Gasteiger partial charge in [-0.2, -0.15) is 12.6 Å². The molecule has 3 N–H and O–H groups in total. The van der Waals surface area contributed by atoms with Crippen molar-refractivity contribution in [2.24, 2.45) is 0 Å². The smallest absolute Gasteiger partial charge is 0.354 e. The lowest BCUT2D eigenvalue weighted by Gasteiger charge is -2.07. The molecule has 156 valence electrons. The summed E-state index contributed by atoms with van der Waals surface area (Å²) in [4.78, 5) is 28.5.